The Morgan fingerprint density at radius 2 is 1.55 bits per heavy atom. The van der Waals surface area contributed by atoms with Gasteiger partial charge in [-0.3, -0.25) is 0 Å². The average Bonchev–Trinajstić information content (AvgIpc) is 2.05. The Morgan fingerprint density at radius 3 is 1.91 bits per heavy atom. The van der Waals surface area contributed by atoms with Crippen LogP contribution in [0.5, 0.6) is 11.5 Å². The van der Waals surface area contributed by atoms with Gasteiger partial charge in [0.25, 0.3) is 0 Å². The van der Waals surface area contributed by atoms with E-state index in [2.05, 4.69) is 16.0 Å². The fraction of sp³-hybridized carbons (Fsp3) is 0.250. The van der Waals surface area contributed by atoms with Gasteiger partial charge in [-0.25, -0.2) is 0 Å². The molecular weight excluding hydrogens is 207 g/mol. The normalized spacial score (nSPS) is 9.27. The second kappa shape index (κ2) is 3.65. The summed E-state index contributed by atoms with van der Waals surface area (Å²) < 4.78 is 11.1. The van der Waals surface area contributed by atoms with Gasteiger partial charge in [-0.15, -0.1) is 0 Å². The van der Waals surface area contributed by atoms with E-state index in [9.17, 15) is 0 Å². The molecule has 0 fully saturated rings. The van der Waals surface area contributed by atoms with Gasteiger partial charge in [-0.2, -0.15) is 0 Å². The summed E-state index contributed by atoms with van der Waals surface area (Å²) in [7, 11) is 3.27. The van der Waals surface area contributed by atoms with Crippen LogP contribution in [0.4, 0.5) is 0 Å². The van der Waals surface area contributed by atoms with Crippen molar-refractivity contribution in [3.8, 4) is 11.5 Å². The number of benzene rings is 1. The Labute approximate surface area is 74.3 Å². The molecule has 1 rings (SSSR count). The summed E-state index contributed by atoms with van der Waals surface area (Å²) in [6.45, 7) is 0. The van der Waals surface area contributed by atoms with Crippen LogP contribution in [0.1, 0.15) is 0 Å². The molecule has 59 valence electrons. The molecule has 0 saturated carbocycles. The van der Waals surface area contributed by atoms with E-state index in [-0.39, 0.29) is 0 Å². The van der Waals surface area contributed by atoms with Crippen molar-refractivity contribution in [2.45, 2.75) is 0 Å². The second-order valence-corrected chi connectivity index (χ2v) is 2.85. The van der Waals surface area contributed by atoms with Crippen LogP contribution in [-0.4, -0.2) is 30.2 Å². The molecule has 0 atom stereocenters. The average molecular weight is 216 g/mol. The van der Waals surface area contributed by atoms with Gasteiger partial charge in [0.05, 0.1) is 0 Å². The Morgan fingerprint density at radius 1 is 1.09 bits per heavy atom. The summed E-state index contributed by atoms with van der Waals surface area (Å²) >= 11 is 2.89. The van der Waals surface area contributed by atoms with Crippen LogP contribution < -0.4 is 13.9 Å². The Hall–Kier alpha value is -0.661. The van der Waals surface area contributed by atoms with Gasteiger partial charge in [-0.1, -0.05) is 0 Å². The van der Waals surface area contributed by atoms with Crippen molar-refractivity contribution in [3.63, 3.8) is 0 Å². The van der Waals surface area contributed by atoms with E-state index < -0.39 is 0 Å². The number of ether oxygens (including phenoxy) is 2. The summed E-state index contributed by atoms with van der Waals surface area (Å²) in [6.07, 6.45) is 0. The van der Waals surface area contributed by atoms with Crippen LogP contribution in [0.3, 0.4) is 0 Å². The molecule has 0 amide bonds. The molecule has 0 bridgehead atoms. The molecule has 0 heterocycles. The van der Waals surface area contributed by atoms with E-state index in [0.29, 0.717) is 0 Å². The van der Waals surface area contributed by atoms with E-state index in [4.69, 9.17) is 9.47 Å². The predicted octanol–water partition coefficient (Wildman–Crippen LogP) is 0.498. The van der Waals surface area contributed by atoms with Gasteiger partial charge >= 0.3 is 73.9 Å². The summed E-state index contributed by atoms with van der Waals surface area (Å²) in [5.41, 5.74) is 0. The van der Waals surface area contributed by atoms with E-state index in [0.717, 1.165) is 16.0 Å². The Balaban J connectivity index is 3.10. The Bertz CT molecular complexity index is 226. The second-order valence-electron chi connectivity index (χ2n) is 1.99. The zero-order valence-electron chi connectivity index (χ0n) is 6.46. The number of hydrogen-bond donors (Lipinski definition) is 0. The van der Waals surface area contributed by atoms with Crippen molar-refractivity contribution in [1.82, 2.24) is 0 Å². The molecule has 0 N–H and O–H groups in total. The van der Waals surface area contributed by atoms with Crippen molar-refractivity contribution in [2.24, 2.45) is 0 Å². The fourth-order valence-corrected chi connectivity index (χ4v) is 1.45. The standard InChI is InChI=1S/C8H9O2Se/c1-9-6-4-3-5-7(10-2)8(6)11/h3-5H,1-2H3. The quantitative estimate of drug-likeness (QED) is 0.670. The molecule has 0 aliphatic carbocycles. The van der Waals surface area contributed by atoms with Gasteiger partial charge < -0.3 is 0 Å². The molecular formula is C8H9O2Se. The van der Waals surface area contributed by atoms with Crippen LogP contribution in [0.15, 0.2) is 18.2 Å². The zero-order chi connectivity index (χ0) is 8.27. The molecule has 0 saturated heterocycles. The number of methoxy groups -OCH3 is 2. The molecule has 0 aliphatic rings. The molecule has 3 heteroatoms. The number of hydrogen-bond acceptors (Lipinski definition) is 2. The molecule has 1 aromatic carbocycles. The van der Waals surface area contributed by atoms with E-state index >= 15 is 0 Å². The van der Waals surface area contributed by atoms with Crippen LogP contribution in [0.2, 0.25) is 0 Å². The van der Waals surface area contributed by atoms with Gasteiger partial charge in [-0.05, 0) is 0 Å². The van der Waals surface area contributed by atoms with Crippen molar-refractivity contribution < 1.29 is 9.47 Å². The first-order chi connectivity index (χ1) is 5.29. The SMILES string of the molecule is COc1cccc(OC)c1[Se]. The van der Waals surface area contributed by atoms with Crippen molar-refractivity contribution in [1.29, 1.82) is 0 Å². The summed E-state index contributed by atoms with van der Waals surface area (Å²) in [4.78, 5) is 0. The minimum atomic E-state index is 0.810. The maximum absolute atomic E-state index is 5.08. The monoisotopic (exact) mass is 217 g/mol. The zero-order valence-corrected chi connectivity index (χ0v) is 8.17. The molecule has 0 unspecified atom stereocenters. The van der Waals surface area contributed by atoms with Crippen LogP contribution in [0.25, 0.3) is 0 Å². The van der Waals surface area contributed by atoms with E-state index in [1.165, 1.54) is 0 Å². The third-order valence-corrected chi connectivity index (χ3v) is 2.23. The van der Waals surface area contributed by atoms with Gasteiger partial charge in [0.15, 0.2) is 0 Å². The molecule has 2 nitrogen and oxygen atoms in total. The summed E-state index contributed by atoms with van der Waals surface area (Å²) in [5, 5.41) is 0. The third-order valence-electron chi connectivity index (χ3n) is 1.38. The third kappa shape index (κ3) is 1.67. The van der Waals surface area contributed by atoms with E-state index in [1.54, 1.807) is 14.2 Å². The molecule has 1 aromatic rings. The van der Waals surface area contributed by atoms with Crippen LogP contribution in [0, 0.1) is 0 Å². The summed E-state index contributed by atoms with van der Waals surface area (Å²) in [5.74, 6) is 1.62. The molecule has 0 aliphatic heterocycles. The molecule has 11 heavy (non-hydrogen) atoms. The summed E-state index contributed by atoms with van der Waals surface area (Å²) in [6, 6.07) is 5.65. The van der Waals surface area contributed by atoms with E-state index in [1.807, 2.05) is 18.2 Å². The first-order valence-electron chi connectivity index (χ1n) is 3.17. The van der Waals surface area contributed by atoms with Gasteiger partial charge in [0.2, 0.25) is 0 Å². The van der Waals surface area contributed by atoms with Crippen molar-refractivity contribution in [3.05, 3.63) is 18.2 Å². The topological polar surface area (TPSA) is 18.5 Å². The molecule has 0 aromatic heterocycles. The first kappa shape index (κ1) is 8.44. The van der Waals surface area contributed by atoms with Crippen molar-refractivity contribution >= 4 is 20.5 Å². The molecule has 1 radical (unpaired) electrons. The first-order valence-corrected chi connectivity index (χ1v) is 4.03. The van der Waals surface area contributed by atoms with Crippen molar-refractivity contribution in [2.75, 3.05) is 14.2 Å². The number of rotatable bonds is 2. The van der Waals surface area contributed by atoms with Crippen LogP contribution in [-0.2, 0) is 0 Å². The van der Waals surface area contributed by atoms with Gasteiger partial charge in [0, 0.05) is 0 Å². The Kier molecular flexibility index (Phi) is 2.80. The van der Waals surface area contributed by atoms with Gasteiger partial charge in [0.1, 0.15) is 0 Å². The predicted molar refractivity (Wildman–Crippen MR) is 44.9 cm³/mol. The van der Waals surface area contributed by atoms with Crippen LogP contribution >= 0.6 is 0 Å². The fourth-order valence-electron chi connectivity index (χ4n) is 0.817. The maximum atomic E-state index is 5.08. The minimum absolute atomic E-state index is 0.810. The molecule has 0 spiro atoms.